The van der Waals surface area contributed by atoms with Gasteiger partial charge in [0.25, 0.3) is 11.8 Å². The highest BCUT2D eigenvalue weighted by Crippen LogP contribution is 2.26. The molecule has 2 aliphatic rings. The Morgan fingerprint density at radius 3 is 2.44 bits per heavy atom. The van der Waals surface area contributed by atoms with Crippen molar-refractivity contribution in [3.63, 3.8) is 0 Å². The second-order valence-corrected chi connectivity index (χ2v) is 7.64. The summed E-state index contributed by atoms with van der Waals surface area (Å²) in [7, 11) is 0. The van der Waals surface area contributed by atoms with Crippen LogP contribution in [0.25, 0.3) is 0 Å². The summed E-state index contributed by atoms with van der Waals surface area (Å²) in [4.78, 5) is 29.5. The fraction of sp³-hybridized carbons (Fsp3) is 0.636. The summed E-state index contributed by atoms with van der Waals surface area (Å²) >= 11 is 0. The lowest BCUT2D eigenvalue weighted by molar-refractivity contribution is -0.133. The van der Waals surface area contributed by atoms with Gasteiger partial charge in [-0.1, -0.05) is 31.9 Å². The number of ether oxygens (including phenoxy) is 1. The summed E-state index contributed by atoms with van der Waals surface area (Å²) in [5.41, 5.74) is 0.571. The maximum absolute atomic E-state index is 13.1. The molecule has 1 aromatic rings. The van der Waals surface area contributed by atoms with E-state index in [2.05, 4.69) is 6.92 Å². The summed E-state index contributed by atoms with van der Waals surface area (Å²) in [5, 5.41) is 0. The number of rotatable bonds is 5. The average Bonchev–Trinajstić information content (AvgIpc) is 3.01. The molecule has 1 unspecified atom stereocenters. The van der Waals surface area contributed by atoms with Crippen LogP contribution in [-0.2, 0) is 4.79 Å². The molecule has 2 aliphatic heterocycles. The van der Waals surface area contributed by atoms with Crippen molar-refractivity contribution in [2.24, 2.45) is 0 Å². The summed E-state index contributed by atoms with van der Waals surface area (Å²) in [6, 6.07) is 7.64. The number of piperidine rings is 1. The standard InChI is InChI=1S/C22H32N2O3/c1-2-18-11-7-10-16-24(18)22(26)19-12-5-6-13-20(19)27-17-21(25)23-14-8-3-4-9-15-23/h5-6,12-13,18H,2-4,7-11,14-17H2,1H3. The quantitative estimate of drug-likeness (QED) is 0.788. The first-order valence-corrected chi connectivity index (χ1v) is 10.5. The van der Waals surface area contributed by atoms with Gasteiger partial charge in [0.1, 0.15) is 5.75 Å². The Kier molecular flexibility index (Phi) is 7.13. The van der Waals surface area contributed by atoms with Crippen LogP contribution < -0.4 is 4.74 Å². The Labute approximate surface area is 162 Å². The minimum absolute atomic E-state index is 0.00149. The zero-order chi connectivity index (χ0) is 19.1. The first kappa shape index (κ1) is 19.7. The Bertz CT molecular complexity index is 638. The van der Waals surface area contributed by atoms with E-state index in [0.29, 0.717) is 17.4 Å². The van der Waals surface area contributed by atoms with E-state index >= 15 is 0 Å². The van der Waals surface area contributed by atoms with Crippen LogP contribution in [0.3, 0.4) is 0 Å². The number of carbonyl (C=O) groups is 2. The smallest absolute Gasteiger partial charge is 0.260 e. The fourth-order valence-electron chi connectivity index (χ4n) is 4.17. The van der Waals surface area contributed by atoms with Crippen LogP contribution in [0, 0.1) is 0 Å². The molecule has 0 saturated carbocycles. The number of benzene rings is 1. The van der Waals surface area contributed by atoms with Crippen molar-refractivity contribution in [2.45, 2.75) is 64.3 Å². The van der Waals surface area contributed by atoms with Gasteiger partial charge >= 0.3 is 0 Å². The molecule has 2 saturated heterocycles. The SMILES string of the molecule is CCC1CCCCN1C(=O)c1ccccc1OCC(=O)N1CCCCCC1. The highest BCUT2D eigenvalue weighted by atomic mass is 16.5. The minimum Gasteiger partial charge on any atom is -0.483 e. The second-order valence-electron chi connectivity index (χ2n) is 7.64. The predicted molar refractivity (Wildman–Crippen MR) is 106 cm³/mol. The van der Waals surface area contributed by atoms with Crippen molar-refractivity contribution < 1.29 is 14.3 Å². The third-order valence-corrected chi connectivity index (χ3v) is 5.79. The average molecular weight is 373 g/mol. The molecular formula is C22H32N2O3. The van der Waals surface area contributed by atoms with E-state index in [-0.39, 0.29) is 18.4 Å². The van der Waals surface area contributed by atoms with Crippen molar-refractivity contribution in [1.29, 1.82) is 0 Å². The molecule has 0 aliphatic carbocycles. The summed E-state index contributed by atoms with van der Waals surface area (Å²) in [6.07, 6.45) is 8.79. The molecule has 0 bridgehead atoms. The Morgan fingerprint density at radius 1 is 1.00 bits per heavy atom. The van der Waals surface area contributed by atoms with E-state index in [0.717, 1.165) is 51.7 Å². The highest BCUT2D eigenvalue weighted by Gasteiger charge is 2.28. The normalized spacial score (nSPS) is 20.9. The molecule has 0 spiro atoms. The summed E-state index contributed by atoms with van der Waals surface area (Å²) < 4.78 is 5.84. The number of nitrogens with zero attached hydrogens (tertiary/aromatic N) is 2. The molecule has 2 amide bonds. The monoisotopic (exact) mass is 372 g/mol. The molecule has 2 fully saturated rings. The predicted octanol–water partition coefficient (Wildman–Crippen LogP) is 3.87. The van der Waals surface area contributed by atoms with Gasteiger partial charge in [0.05, 0.1) is 5.56 Å². The van der Waals surface area contributed by atoms with Crippen LogP contribution >= 0.6 is 0 Å². The lowest BCUT2D eigenvalue weighted by Gasteiger charge is -2.35. The van der Waals surface area contributed by atoms with E-state index in [4.69, 9.17) is 4.74 Å². The van der Waals surface area contributed by atoms with Gasteiger partial charge in [-0.05, 0) is 50.7 Å². The maximum atomic E-state index is 13.1. The number of amides is 2. The highest BCUT2D eigenvalue weighted by molar-refractivity contribution is 5.97. The van der Waals surface area contributed by atoms with Crippen molar-refractivity contribution in [3.8, 4) is 5.75 Å². The lowest BCUT2D eigenvalue weighted by Crippen LogP contribution is -2.43. The molecule has 1 atom stereocenters. The molecule has 0 aromatic heterocycles. The Morgan fingerprint density at radius 2 is 1.70 bits per heavy atom. The van der Waals surface area contributed by atoms with Gasteiger partial charge in [0.2, 0.25) is 0 Å². The fourth-order valence-corrected chi connectivity index (χ4v) is 4.17. The van der Waals surface area contributed by atoms with Crippen LogP contribution in [0.1, 0.15) is 68.6 Å². The van der Waals surface area contributed by atoms with E-state index in [9.17, 15) is 9.59 Å². The number of carbonyl (C=O) groups excluding carboxylic acids is 2. The third kappa shape index (κ3) is 5.02. The van der Waals surface area contributed by atoms with E-state index in [1.54, 1.807) is 6.07 Å². The molecule has 5 nitrogen and oxygen atoms in total. The van der Waals surface area contributed by atoms with Crippen molar-refractivity contribution in [1.82, 2.24) is 9.80 Å². The lowest BCUT2D eigenvalue weighted by atomic mass is 9.98. The maximum Gasteiger partial charge on any atom is 0.260 e. The van der Waals surface area contributed by atoms with Gasteiger partial charge in [-0.3, -0.25) is 9.59 Å². The van der Waals surface area contributed by atoms with E-state index < -0.39 is 0 Å². The topological polar surface area (TPSA) is 49.9 Å². The van der Waals surface area contributed by atoms with Gasteiger partial charge in [-0.25, -0.2) is 0 Å². The Balaban J connectivity index is 1.66. The minimum atomic E-state index is 0.00149. The summed E-state index contributed by atoms with van der Waals surface area (Å²) in [5.74, 6) is 0.564. The van der Waals surface area contributed by atoms with Crippen LogP contribution in [0.2, 0.25) is 0 Å². The summed E-state index contributed by atoms with van der Waals surface area (Å²) in [6.45, 7) is 4.57. The number of para-hydroxylation sites is 1. The molecule has 2 heterocycles. The molecular weight excluding hydrogens is 340 g/mol. The third-order valence-electron chi connectivity index (χ3n) is 5.79. The van der Waals surface area contributed by atoms with Crippen LogP contribution in [-0.4, -0.2) is 53.9 Å². The van der Waals surface area contributed by atoms with E-state index in [1.807, 2.05) is 28.0 Å². The molecule has 0 radical (unpaired) electrons. The largest absolute Gasteiger partial charge is 0.483 e. The van der Waals surface area contributed by atoms with Crippen LogP contribution in [0.5, 0.6) is 5.75 Å². The molecule has 1 aromatic carbocycles. The van der Waals surface area contributed by atoms with Crippen molar-refractivity contribution in [2.75, 3.05) is 26.2 Å². The number of hydrogen-bond donors (Lipinski definition) is 0. The van der Waals surface area contributed by atoms with E-state index in [1.165, 1.54) is 19.3 Å². The van der Waals surface area contributed by atoms with Crippen LogP contribution in [0.4, 0.5) is 0 Å². The molecule has 0 N–H and O–H groups in total. The number of likely N-dealkylation sites (tertiary alicyclic amines) is 2. The van der Waals surface area contributed by atoms with Gasteiger partial charge in [0, 0.05) is 25.7 Å². The zero-order valence-corrected chi connectivity index (χ0v) is 16.5. The molecule has 27 heavy (non-hydrogen) atoms. The zero-order valence-electron chi connectivity index (χ0n) is 16.5. The Hall–Kier alpha value is -2.04. The van der Waals surface area contributed by atoms with Gasteiger partial charge in [-0.15, -0.1) is 0 Å². The van der Waals surface area contributed by atoms with Gasteiger partial charge < -0.3 is 14.5 Å². The van der Waals surface area contributed by atoms with Crippen molar-refractivity contribution in [3.05, 3.63) is 29.8 Å². The van der Waals surface area contributed by atoms with Crippen LogP contribution in [0.15, 0.2) is 24.3 Å². The number of hydrogen-bond acceptors (Lipinski definition) is 3. The molecule has 3 rings (SSSR count). The molecule has 148 valence electrons. The first-order valence-electron chi connectivity index (χ1n) is 10.5. The molecule has 5 heteroatoms. The van der Waals surface area contributed by atoms with Crippen molar-refractivity contribution >= 4 is 11.8 Å². The van der Waals surface area contributed by atoms with Gasteiger partial charge in [0.15, 0.2) is 6.61 Å². The first-order chi connectivity index (χ1) is 13.2. The second kappa shape index (κ2) is 9.77. The van der Waals surface area contributed by atoms with Gasteiger partial charge in [-0.2, -0.15) is 0 Å².